The normalized spacial score (nSPS) is 29.7. The lowest BCUT2D eigenvalue weighted by Crippen LogP contribution is -2.49. The second-order valence-electron chi connectivity index (χ2n) is 8.46. The molecule has 4 atom stereocenters. The van der Waals surface area contributed by atoms with Crippen molar-refractivity contribution in [2.45, 2.75) is 39.5 Å². The Hall–Kier alpha value is -2.13. The van der Waals surface area contributed by atoms with Gasteiger partial charge in [0.15, 0.2) is 0 Å². The van der Waals surface area contributed by atoms with E-state index in [0.29, 0.717) is 15.8 Å². The Kier molecular flexibility index (Phi) is 4.94. The molecule has 138 valence electrons. The number of allylic oxidation sites excluding steroid dienone is 2. The third-order valence-corrected chi connectivity index (χ3v) is 7.46. The van der Waals surface area contributed by atoms with E-state index in [2.05, 4.69) is 39.0 Å². The molecule has 0 amide bonds. The SMILES string of the molecule is CC(C)(C)[C@H]1CC=C2[C@H](C1)[C@H](c1ccc(Cl)s1)[C@@H](C#N)C(=N)C2(C#N)C#N. The van der Waals surface area contributed by atoms with Gasteiger partial charge in [0.05, 0.1) is 34.2 Å². The molecule has 1 saturated carbocycles. The molecule has 0 unspecified atom stereocenters. The quantitative estimate of drug-likeness (QED) is 0.617. The molecular formula is C21H21ClN4S. The van der Waals surface area contributed by atoms with Crippen molar-refractivity contribution in [3.63, 3.8) is 0 Å². The number of hydrogen-bond acceptors (Lipinski definition) is 5. The molecule has 1 N–H and O–H groups in total. The number of halogens is 1. The zero-order valence-electron chi connectivity index (χ0n) is 15.6. The molecule has 27 heavy (non-hydrogen) atoms. The van der Waals surface area contributed by atoms with Gasteiger partial charge in [0, 0.05) is 10.8 Å². The van der Waals surface area contributed by atoms with Crippen LogP contribution < -0.4 is 0 Å². The first-order chi connectivity index (χ1) is 12.7. The van der Waals surface area contributed by atoms with E-state index >= 15 is 0 Å². The summed E-state index contributed by atoms with van der Waals surface area (Å²) in [5, 5.41) is 38.2. The first-order valence-corrected chi connectivity index (χ1v) is 10.2. The van der Waals surface area contributed by atoms with E-state index in [1.165, 1.54) is 11.3 Å². The van der Waals surface area contributed by atoms with Crippen molar-refractivity contribution in [3.8, 4) is 18.2 Å². The second kappa shape index (κ2) is 6.79. The Morgan fingerprint density at radius 3 is 2.37 bits per heavy atom. The highest BCUT2D eigenvalue weighted by Gasteiger charge is 2.57. The van der Waals surface area contributed by atoms with Gasteiger partial charge in [-0.05, 0) is 47.8 Å². The highest BCUT2D eigenvalue weighted by atomic mass is 35.5. The molecule has 4 nitrogen and oxygen atoms in total. The standard InChI is InChI=1S/C21H21ClN4S/c1-20(2,3)12-4-5-15-13(8-12)18(16-6-7-17(22)27-16)14(9-23)19(26)21(15,10-24)11-25/h5-7,12-14,18,26H,4,8H2,1-3H3/t12-,13-,14+,18-/m0/s1. The van der Waals surface area contributed by atoms with Crippen molar-refractivity contribution < 1.29 is 0 Å². The minimum Gasteiger partial charge on any atom is -0.305 e. The summed E-state index contributed by atoms with van der Waals surface area (Å²) in [4.78, 5) is 0.950. The van der Waals surface area contributed by atoms with Crippen LogP contribution in [-0.4, -0.2) is 5.71 Å². The Balaban J connectivity index is 2.21. The van der Waals surface area contributed by atoms with Gasteiger partial charge in [-0.2, -0.15) is 15.8 Å². The molecular weight excluding hydrogens is 376 g/mol. The van der Waals surface area contributed by atoms with Crippen molar-refractivity contribution in [2.75, 3.05) is 0 Å². The molecule has 0 saturated heterocycles. The third kappa shape index (κ3) is 2.98. The van der Waals surface area contributed by atoms with E-state index in [1.54, 1.807) is 0 Å². The summed E-state index contributed by atoms with van der Waals surface area (Å²) >= 11 is 7.58. The number of nitrogens with zero attached hydrogens (tertiary/aromatic N) is 3. The van der Waals surface area contributed by atoms with Crippen LogP contribution in [0.5, 0.6) is 0 Å². The van der Waals surface area contributed by atoms with E-state index in [1.807, 2.05) is 18.2 Å². The Morgan fingerprint density at radius 2 is 1.89 bits per heavy atom. The zero-order valence-corrected chi connectivity index (χ0v) is 17.2. The number of hydrogen-bond donors (Lipinski definition) is 1. The fourth-order valence-electron chi connectivity index (χ4n) is 4.52. The van der Waals surface area contributed by atoms with E-state index in [4.69, 9.17) is 17.0 Å². The Bertz CT molecular complexity index is 917. The maximum Gasteiger partial charge on any atom is 0.203 e. The molecule has 1 heterocycles. The molecule has 0 spiro atoms. The van der Waals surface area contributed by atoms with Crippen LogP contribution in [0.25, 0.3) is 0 Å². The molecule has 0 bridgehead atoms. The van der Waals surface area contributed by atoms with Gasteiger partial charge < -0.3 is 5.41 Å². The highest BCUT2D eigenvalue weighted by molar-refractivity contribution is 7.16. The largest absolute Gasteiger partial charge is 0.305 e. The van der Waals surface area contributed by atoms with Crippen LogP contribution in [0.2, 0.25) is 4.34 Å². The van der Waals surface area contributed by atoms with Crippen LogP contribution in [0.3, 0.4) is 0 Å². The van der Waals surface area contributed by atoms with Gasteiger partial charge in [-0.1, -0.05) is 38.4 Å². The minimum atomic E-state index is -1.63. The topological polar surface area (TPSA) is 95.2 Å². The van der Waals surface area contributed by atoms with Crippen molar-refractivity contribution in [1.82, 2.24) is 0 Å². The number of nitrogens with one attached hydrogen (secondary N) is 1. The average molecular weight is 397 g/mol. The summed E-state index contributed by atoms with van der Waals surface area (Å²) in [6, 6.07) is 10.1. The lowest BCUT2D eigenvalue weighted by Gasteiger charge is -2.48. The molecule has 2 aliphatic rings. The van der Waals surface area contributed by atoms with Gasteiger partial charge in [-0.25, -0.2) is 0 Å². The third-order valence-electron chi connectivity index (χ3n) is 6.12. The minimum absolute atomic E-state index is 0.0781. The second-order valence-corrected chi connectivity index (χ2v) is 10.2. The van der Waals surface area contributed by atoms with Gasteiger partial charge in [0.25, 0.3) is 0 Å². The number of fused-ring (bicyclic) bond motifs is 1. The van der Waals surface area contributed by atoms with Gasteiger partial charge in [-0.15, -0.1) is 11.3 Å². The monoisotopic (exact) mass is 396 g/mol. The van der Waals surface area contributed by atoms with E-state index in [9.17, 15) is 15.8 Å². The predicted molar refractivity (Wildman–Crippen MR) is 106 cm³/mol. The maximum atomic E-state index is 9.88. The summed E-state index contributed by atoms with van der Waals surface area (Å²) in [5.74, 6) is -0.784. The first-order valence-electron chi connectivity index (χ1n) is 8.96. The summed E-state index contributed by atoms with van der Waals surface area (Å²) in [6.07, 6.45) is 3.58. The van der Waals surface area contributed by atoms with E-state index in [-0.39, 0.29) is 23.0 Å². The van der Waals surface area contributed by atoms with Crippen LogP contribution >= 0.6 is 22.9 Å². The Labute approximate surface area is 169 Å². The fraction of sp³-hybridized carbons (Fsp3) is 0.524. The highest BCUT2D eigenvalue weighted by Crippen LogP contribution is 2.57. The van der Waals surface area contributed by atoms with Crippen molar-refractivity contribution >= 4 is 28.6 Å². The lowest BCUT2D eigenvalue weighted by atomic mass is 9.52. The van der Waals surface area contributed by atoms with E-state index < -0.39 is 11.3 Å². The lowest BCUT2D eigenvalue weighted by molar-refractivity contribution is 0.172. The zero-order chi connectivity index (χ0) is 20.0. The molecule has 6 heteroatoms. The van der Waals surface area contributed by atoms with Crippen LogP contribution in [0, 0.1) is 68.0 Å². The van der Waals surface area contributed by atoms with Crippen LogP contribution in [-0.2, 0) is 0 Å². The fourth-order valence-corrected chi connectivity index (χ4v) is 5.78. The molecule has 2 aliphatic carbocycles. The molecule has 1 aromatic rings. The molecule has 0 aliphatic heterocycles. The number of thiophene rings is 1. The van der Waals surface area contributed by atoms with Crippen molar-refractivity contribution in [2.24, 2.45) is 28.6 Å². The molecule has 0 radical (unpaired) electrons. The summed E-state index contributed by atoms with van der Waals surface area (Å²) in [6.45, 7) is 6.59. The van der Waals surface area contributed by atoms with Crippen LogP contribution in [0.1, 0.15) is 44.4 Å². The van der Waals surface area contributed by atoms with E-state index in [0.717, 1.165) is 17.7 Å². The van der Waals surface area contributed by atoms with Crippen molar-refractivity contribution in [3.05, 3.63) is 33.0 Å². The molecule has 0 aromatic carbocycles. The van der Waals surface area contributed by atoms with Gasteiger partial charge in [0.2, 0.25) is 5.41 Å². The summed E-state index contributed by atoms with van der Waals surface area (Å²) in [5.41, 5.74) is -0.944. The van der Waals surface area contributed by atoms with Gasteiger partial charge >= 0.3 is 0 Å². The Morgan fingerprint density at radius 1 is 1.22 bits per heavy atom. The van der Waals surface area contributed by atoms with Gasteiger partial charge in [0.1, 0.15) is 0 Å². The number of rotatable bonds is 1. The number of nitriles is 3. The molecule has 1 aromatic heterocycles. The van der Waals surface area contributed by atoms with Crippen LogP contribution in [0.15, 0.2) is 23.8 Å². The first kappa shape index (κ1) is 19.6. The molecule has 1 fully saturated rings. The average Bonchev–Trinajstić information content (AvgIpc) is 3.06. The van der Waals surface area contributed by atoms with Crippen LogP contribution in [0.4, 0.5) is 0 Å². The summed E-state index contributed by atoms with van der Waals surface area (Å²) in [7, 11) is 0. The molecule has 3 rings (SSSR count). The maximum absolute atomic E-state index is 9.88. The summed E-state index contributed by atoms with van der Waals surface area (Å²) < 4.78 is 0.638. The predicted octanol–water partition coefficient (Wildman–Crippen LogP) is 5.69. The smallest absolute Gasteiger partial charge is 0.203 e. The van der Waals surface area contributed by atoms with Crippen molar-refractivity contribution in [1.29, 1.82) is 21.2 Å². The van der Waals surface area contributed by atoms with Gasteiger partial charge in [-0.3, -0.25) is 0 Å².